The van der Waals surface area contributed by atoms with E-state index in [-0.39, 0.29) is 5.54 Å². The van der Waals surface area contributed by atoms with Gasteiger partial charge in [-0.15, -0.1) is 18.5 Å². The van der Waals surface area contributed by atoms with Crippen molar-refractivity contribution in [3.8, 4) is 17.3 Å². The highest BCUT2D eigenvalue weighted by Crippen LogP contribution is 2.42. The lowest BCUT2D eigenvalue weighted by Crippen LogP contribution is -2.43. The van der Waals surface area contributed by atoms with Crippen LogP contribution in [0.1, 0.15) is 33.1 Å². The van der Waals surface area contributed by atoms with Crippen molar-refractivity contribution in [1.29, 1.82) is 0 Å². The summed E-state index contributed by atoms with van der Waals surface area (Å²) in [6.07, 6.45) is 5.20. The lowest BCUT2D eigenvalue weighted by atomic mass is 9.95. The Morgan fingerprint density at radius 2 is 2.03 bits per heavy atom. The van der Waals surface area contributed by atoms with E-state index >= 15 is 0 Å². The van der Waals surface area contributed by atoms with Gasteiger partial charge in [0.1, 0.15) is 12.4 Å². The zero-order valence-electron chi connectivity index (χ0n) is 22.2. The SMILES string of the molecule is CC(C)(O)CNc1nc(OC[C@@]23CCCN2C[C@H](P)C3)nc2c(P)c(-c3cccc4cccc(Cl)c34)ncc12. The maximum Gasteiger partial charge on any atom is 0.319 e. The molecule has 2 saturated heterocycles. The molecular weight excluding hydrogens is 548 g/mol. The number of halogens is 1. The Labute approximate surface area is 238 Å². The zero-order valence-corrected chi connectivity index (χ0v) is 25.3. The smallest absolute Gasteiger partial charge is 0.319 e. The monoisotopic (exact) mass is 581 g/mol. The number of rotatable bonds is 7. The van der Waals surface area contributed by atoms with Gasteiger partial charge in [0.25, 0.3) is 0 Å². The molecule has 2 fully saturated rings. The summed E-state index contributed by atoms with van der Waals surface area (Å²) >= 11 is 6.66. The van der Waals surface area contributed by atoms with Crippen LogP contribution in [0, 0.1) is 0 Å². The van der Waals surface area contributed by atoms with Gasteiger partial charge >= 0.3 is 6.01 Å². The molecule has 7 nitrogen and oxygen atoms in total. The molecule has 204 valence electrons. The van der Waals surface area contributed by atoms with Gasteiger partial charge in [-0.1, -0.05) is 41.9 Å². The number of nitrogens with one attached hydrogen (secondary N) is 1. The van der Waals surface area contributed by atoms with Gasteiger partial charge in [-0.05, 0) is 56.8 Å². The summed E-state index contributed by atoms with van der Waals surface area (Å²) in [6, 6.07) is 12.3. The zero-order chi connectivity index (χ0) is 27.4. The van der Waals surface area contributed by atoms with E-state index < -0.39 is 5.60 Å². The second-order valence-corrected chi connectivity index (χ2v) is 13.4. The number of aliphatic hydroxyl groups is 1. The fraction of sp³-hybridized carbons (Fsp3) is 0.414. The quantitative estimate of drug-likeness (QED) is 0.296. The average Bonchev–Trinajstić information content (AvgIpc) is 3.42. The molecule has 10 heteroatoms. The van der Waals surface area contributed by atoms with Gasteiger partial charge in [0.05, 0.1) is 27.7 Å². The topological polar surface area (TPSA) is 83.4 Å². The highest BCUT2D eigenvalue weighted by Gasteiger charge is 2.48. The molecule has 0 saturated carbocycles. The van der Waals surface area contributed by atoms with E-state index in [0.717, 1.165) is 64.2 Å². The van der Waals surface area contributed by atoms with Crippen molar-refractivity contribution in [3.63, 3.8) is 0 Å². The van der Waals surface area contributed by atoms with Gasteiger partial charge in [-0.3, -0.25) is 9.88 Å². The highest BCUT2D eigenvalue weighted by atomic mass is 35.5. The normalized spacial score (nSPS) is 21.5. The van der Waals surface area contributed by atoms with E-state index in [0.29, 0.717) is 35.7 Å². The molecule has 0 spiro atoms. The fourth-order valence-corrected chi connectivity index (χ4v) is 7.49. The molecule has 39 heavy (non-hydrogen) atoms. The van der Waals surface area contributed by atoms with E-state index in [4.69, 9.17) is 31.3 Å². The van der Waals surface area contributed by atoms with Gasteiger partial charge in [0.15, 0.2) is 0 Å². The summed E-state index contributed by atoms with van der Waals surface area (Å²) in [5, 5.41) is 18.0. The van der Waals surface area contributed by atoms with Crippen LogP contribution >= 0.6 is 30.1 Å². The van der Waals surface area contributed by atoms with Crippen molar-refractivity contribution in [2.45, 2.75) is 49.9 Å². The molecule has 0 aliphatic carbocycles. The van der Waals surface area contributed by atoms with Crippen LogP contribution in [0.25, 0.3) is 32.9 Å². The Morgan fingerprint density at radius 3 is 2.82 bits per heavy atom. The molecule has 0 bridgehead atoms. The summed E-state index contributed by atoms with van der Waals surface area (Å²) in [7, 11) is 5.81. The van der Waals surface area contributed by atoms with E-state index in [1.54, 1.807) is 20.0 Å². The number of hydrogen-bond acceptors (Lipinski definition) is 7. The summed E-state index contributed by atoms with van der Waals surface area (Å²) in [4.78, 5) is 17.1. The summed E-state index contributed by atoms with van der Waals surface area (Å²) < 4.78 is 6.39. The predicted octanol–water partition coefficient (Wildman–Crippen LogP) is 5.04. The molecule has 2 aromatic carbocycles. The highest BCUT2D eigenvalue weighted by molar-refractivity contribution is 7.28. The third-order valence-electron chi connectivity index (χ3n) is 7.86. The van der Waals surface area contributed by atoms with Crippen molar-refractivity contribution in [1.82, 2.24) is 19.9 Å². The van der Waals surface area contributed by atoms with Crippen LogP contribution in [0.15, 0.2) is 42.6 Å². The average molecular weight is 582 g/mol. The lowest BCUT2D eigenvalue weighted by Gasteiger charge is -2.31. The third-order valence-corrected chi connectivity index (χ3v) is 9.17. The molecule has 2 aliphatic rings. The van der Waals surface area contributed by atoms with Crippen LogP contribution in [0.4, 0.5) is 5.82 Å². The standard InChI is InChI=1S/C29H34ClN5O2P2/c1-28(2,36)15-32-26-20-13-31-23(19-8-3-6-17-7-4-9-21(30)22(17)19)25(39)24(20)33-27(34-26)37-16-29-10-5-11-35(29)14-18(38)12-29/h3-4,6-9,13,18,36H,5,10-12,14-16,38-39H2,1-2H3,(H,32,33,34)/t18-,29+/m1/s1. The molecule has 2 N–H and O–H groups in total. The van der Waals surface area contributed by atoms with Crippen molar-refractivity contribution < 1.29 is 9.84 Å². The molecule has 0 amide bonds. The minimum Gasteiger partial charge on any atom is -0.461 e. The molecule has 4 heterocycles. The van der Waals surface area contributed by atoms with E-state index in [1.165, 1.54) is 6.42 Å². The van der Waals surface area contributed by atoms with Gasteiger partial charge in [-0.2, -0.15) is 9.97 Å². The first-order valence-corrected chi connectivity index (χ1v) is 15.0. The van der Waals surface area contributed by atoms with Crippen molar-refractivity contribution in [2.75, 3.05) is 31.6 Å². The van der Waals surface area contributed by atoms with Crippen LogP contribution in [-0.2, 0) is 0 Å². The summed E-state index contributed by atoms with van der Waals surface area (Å²) in [5.41, 5.74) is 2.15. The van der Waals surface area contributed by atoms with Crippen LogP contribution in [0.5, 0.6) is 6.01 Å². The number of fused-ring (bicyclic) bond motifs is 3. The molecule has 2 aromatic heterocycles. The minimum atomic E-state index is -0.921. The number of benzene rings is 2. The van der Waals surface area contributed by atoms with Crippen molar-refractivity contribution in [3.05, 3.63) is 47.6 Å². The summed E-state index contributed by atoms with van der Waals surface area (Å²) in [5.74, 6) is 0.590. The first-order chi connectivity index (χ1) is 18.6. The Hall–Kier alpha value is -2.14. The Bertz CT molecular complexity index is 1560. The van der Waals surface area contributed by atoms with Crippen molar-refractivity contribution in [2.24, 2.45) is 0 Å². The van der Waals surface area contributed by atoms with Gasteiger partial charge in [-0.25, -0.2) is 0 Å². The van der Waals surface area contributed by atoms with Gasteiger partial charge in [0, 0.05) is 40.6 Å². The number of aromatic nitrogens is 3. The lowest BCUT2D eigenvalue weighted by molar-refractivity contribution is 0.0943. The number of ether oxygens (including phenoxy) is 1. The molecular formula is C29H34ClN5O2P2. The van der Waals surface area contributed by atoms with Gasteiger partial charge < -0.3 is 15.2 Å². The van der Waals surface area contributed by atoms with E-state index in [9.17, 15) is 5.11 Å². The fourth-order valence-electron chi connectivity index (χ4n) is 6.06. The second kappa shape index (κ2) is 10.4. The largest absolute Gasteiger partial charge is 0.461 e. The molecule has 4 aromatic rings. The Kier molecular flexibility index (Phi) is 7.18. The molecule has 6 rings (SSSR count). The van der Waals surface area contributed by atoms with Crippen molar-refractivity contribution >= 4 is 62.9 Å². The Balaban J connectivity index is 1.44. The maximum absolute atomic E-state index is 10.4. The third kappa shape index (κ3) is 5.21. The Morgan fingerprint density at radius 1 is 1.23 bits per heavy atom. The van der Waals surface area contributed by atoms with E-state index in [2.05, 4.69) is 40.8 Å². The number of anilines is 1. The minimum absolute atomic E-state index is 0.0400. The molecule has 4 atom stereocenters. The van der Waals surface area contributed by atoms with Gasteiger partial charge in [0.2, 0.25) is 0 Å². The predicted molar refractivity (Wildman–Crippen MR) is 167 cm³/mol. The van der Waals surface area contributed by atoms with Crippen LogP contribution in [0.2, 0.25) is 5.02 Å². The maximum atomic E-state index is 10.4. The molecule has 2 aliphatic heterocycles. The number of hydrogen-bond donors (Lipinski definition) is 2. The number of nitrogens with zero attached hydrogens (tertiary/aromatic N) is 4. The van der Waals surface area contributed by atoms with E-state index in [1.807, 2.05) is 24.3 Å². The van der Waals surface area contributed by atoms with Crippen LogP contribution in [-0.4, -0.2) is 68.0 Å². The first kappa shape index (κ1) is 27.1. The molecule has 2 unspecified atom stereocenters. The first-order valence-electron chi connectivity index (χ1n) is 13.4. The van der Waals surface area contributed by atoms with Crippen LogP contribution in [0.3, 0.4) is 0 Å². The summed E-state index contributed by atoms with van der Waals surface area (Å²) in [6.45, 7) is 6.59. The second-order valence-electron chi connectivity index (χ2n) is 11.5. The van der Waals surface area contributed by atoms with Crippen LogP contribution < -0.4 is 15.4 Å². The number of pyridine rings is 1. The molecule has 0 radical (unpaired) electrons.